The lowest BCUT2D eigenvalue weighted by atomic mass is 9.92. The lowest BCUT2D eigenvalue weighted by Gasteiger charge is -2.26. The molecule has 3 aromatic rings. The summed E-state index contributed by atoms with van der Waals surface area (Å²) in [5.74, 6) is -1.99. The number of rotatable bonds is 12. The molecule has 7 heteroatoms. The predicted molar refractivity (Wildman–Crippen MR) is 117 cm³/mol. The minimum absolute atomic E-state index is 0.279. The van der Waals surface area contributed by atoms with Crippen molar-refractivity contribution in [1.82, 2.24) is 20.6 Å². The van der Waals surface area contributed by atoms with Crippen LogP contribution in [0.4, 0.5) is 4.39 Å². The summed E-state index contributed by atoms with van der Waals surface area (Å²) in [6.07, 6.45) is 4.85. The second kappa shape index (κ2) is 11.9. The first-order chi connectivity index (χ1) is 15.1. The first kappa shape index (κ1) is 22.5. The Bertz CT molecular complexity index is 923. The number of carboxylic acids is 1. The normalized spacial score (nSPS) is 12.9. The molecule has 6 nitrogen and oxygen atoms in total. The van der Waals surface area contributed by atoms with Crippen LogP contribution in [0.15, 0.2) is 73.1 Å². The largest absolute Gasteiger partial charge is 0.481 e. The van der Waals surface area contributed by atoms with Crippen LogP contribution in [0.1, 0.15) is 23.0 Å². The Morgan fingerprint density at radius 3 is 2.06 bits per heavy atom. The van der Waals surface area contributed by atoms with Crippen molar-refractivity contribution in [2.75, 3.05) is 19.6 Å². The van der Waals surface area contributed by atoms with Crippen LogP contribution in [-0.2, 0) is 17.6 Å². The zero-order valence-electron chi connectivity index (χ0n) is 17.2. The van der Waals surface area contributed by atoms with Gasteiger partial charge < -0.3 is 15.7 Å². The van der Waals surface area contributed by atoms with Crippen LogP contribution < -0.4 is 10.6 Å². The summed E-state index contributed by atoms with van der Waals surface area (Å²) in [4.78, 5) is 20.7. The Kier molecular flexibility index (Phi) is 8.63. The van der Waals surface area contributed by atoms with Gasteiger partial charge in [0.1, 0.15) is 5.82 Å². The fourth-order valence-corrected chi connectivity index (χ4v) is 3.43. The number of carboxylic acid groups (broad SMARTS) is 1. The molecule has 2 aromatic heterocycles. The van der Waals surface area contributed by atoms with Crippen molar-refractivity contribution in [2.45, 2.75) is 18.9 Å². The highest BCUT2D eigenvalue weighted by Crippen LogP contribution is 2.23. The summed E-state index contributed by atoms with van der Waals surface area (Å²) >= 11 is 0. The molecule has 0 saturated heterocycles. The van der Waals surface area contributed by atoms with E-state index in [4.69, 9.17) is 0 Å². The maximum absolute atomic E-state index is 13.4. The van der Waals surface area contributed by atoms with E-state index in [1.54, 1.807) is 24.5 Å². The van der Waals surface area contributed by atoms with Crippen molar-refractivity contribution in [3.63, 3.8) is 0 Å². The van der Waals surface area contributed by atoms with Crippen LogP contribution >= 0.6 is 0 Å². The third-order valence-electron chi connectivity index (χ3n) is 5.07. The van der Waals surface area contributed by atoms with Gasteiger partial charge in [-0.3, -0.25) is 14.8 Å². The number of aromatic nitrogens is 2. The first-order valence-electron chi connectivity index (χ1n) is 10.4. The molecule has 0 spiro atoms. The number of halogens is 1. The first-order valence-corrected chi connectivity index (χ1v) is 10.4. The van der Waals surface area contributed by atoms with E-state index in [9.17, 15) is 14.3 Å². The number of carbonyl (C=O) groups is 1. The van der Waals surface area contributed by atoms with E-state index in [1.165, 1.54) is 12.1 Å². The van der Waals surface area contributed by atoms with Crippen molar-refractivity contribution in [3.8, 4) is 0 Å². The van der Waals surface area contributed by atoms with Gasteiger partial charge in [-0.25, -0.2) is 4.39 Å². The van der Waals surface area contributed by atoms with E-state index in [-0.39, 0.29) is 12.4 Å². The molecule has 0 saturated carbocycles. The molecule has 3 N–H and O–H groups in total. The molecule has 0 radical (unpaired) electrons. The predicted octanol–water partition coefficient (Wildman–Crippen LogP) is 3.02. The third kappa shape index (κ3) is 7.24. The summed E-state index contributed by atoms with van der Waals surface area (Å²) in [5.41, 5.74) is 2.61. The molecule has 2 atom stereocenters. The summed E-state index contributed by atoms with van der Waals surface area (Å²) in [6.45, 7) is 1.45. The minimum Gasteiger partial charge on any atom is -0.481 e. The van der Waals surface area contributed by atoms with Crippen molar-refractivity contribution in [2.24, 2.45) is 5.92 Å². The molecule has 0 fully saturated rings. The maximum Gasteiger partial charge on any atom is 0.309 e. The number of nitrogens with zero attached hydrogens (tertiary/aromatic N) is 2. The molecule has 0 aliphatic carbocycles. The summed E-state index contributed by atoms with van der Waals surface area (Å²) in [5, 5.41) is 16.5. The molecule has 2 heterocycles. The third-order valence-corrected chi connectivity index (χ3v) is 5.07. The van der Waals surface area contributed by atoms with Crippen LogP contribution in [0.5, 0.6) is 0 Å². The van der Waals surface area contributed by atoms with Crippen molar-refractivity contribution >= 4 is 5.97 Å². The van der Waals surface area contributed by atoms with Gasteiger partial charge in [0.15, 0.2) is 0 Å². The van der Waals surface area contributed by atoms with E-state index in [1.807, 2.05) is 36.4 Å². The fourth-order valence-electron chi connectivity index (χ4n) is 3.43. The van der Waals surface area contributed by atoms with Gasteiger partial charge in [-0.2, -0.15) is 0 Å². The Hall–Kier alpha value is -3.16. The van der Waals surface area contributed by atoms with Gasteiger partial charge in [0, 0.05) is 62.3 Å². The number of benzene rings is 1. The number of pyridine rings is 2. The van der Waals surface area contributed by atoms with Crippen molar-refractivity contribution in [1.29, 1.82) is 0 Å². The van der Waals surface area contributed by atoms with Gasteiger partial charge in [-0.1, -0.05) is 24.3 Å². The molecule has 0 aliphatic heterocycles. The molecule has 0 bridgehead atoms. The highest BCUT2D eigenvalue weighted by molar-refractivity contribution is 5.71. The Morgan fingerprint density at radius 2 is 1.52 bits per heavy atom. The van der Waals surface area contributed by atoms with Gasteiger partial charge in [0.25, 0.3) is 0 Å². The van der Waals surface area contributed by atoms with E-state index < -0.39 is 17.9 Å². The molecule has 1 aromatic carbocycles. The van der Waals surface area contributed by atoms with Crippen LogP contribution in [0, 0.1) is 11.7 Å². The molecule has 31 heavy (non-hydrogen) atoms. The number of aliphatic carboxylic acids is 1. The molecular formula is C24H27FN4O2. The zero-order chi connectivity index (χ0) is 21.9. The van der Waals surface area contributed by atoms with Gasteiger partial charge >= 0.3 is 5.97 Å². The Morgan fingerprint density at radius 1 is 0.903 bits per heavy atom. The smallest absolute Gasteiger partial charge is 0.309 e. The minimum atomic E-state index is -0.912. The topological polar surface area (TPSA) is 87.1 Å². The van der Waals surface area contributed by atoms with E-state index in [0.717, 1.165) is 17.0 Å². The van der Waals surface area contributed by atoms with E-state index >= 15 is 0 Å². The Labute approximate surface area is 181 Å². The highest BCUT2D eigenvalue weighted by atomic mass is 19.1. The number of nitrogens with one attached hydrogen (secondary N) is 2. The number of hydrogen-bond acceptors (Lipinski definition) is 5. The summed E-state index contributed by atoms with van der Waals surface area (Å²) < 4.78 is 13.4. The number of hydrogen-bond donors (Lipinski definition) is 3. The zero-order valence-corrected chi connectivity index (χ0v) is 17.2. The lowest BCUT2D eigenvalue weighted by molar-refractivity contribution is -0.142. The standard InChI is InChI=1S/C24H27FN4O2/c25-19-9-7-18(8-10-19)23(29-16-12-21-6-2-4-14-28-21)22(24(30)31)17-26-15-11-20-5-1-3-13-27-20/h1-10,13-14,22-23,26,29H,11-12,15-17H2,(H,30,31). The van der Waals surface area contributed by atoms with Crippen LogP contribution in [-0.4, -0.2) is 40.7 Å². The van der Waals surface area contributed by atoms with Gasteiger partial charge in [-0.15, -0.1) is 0 Å². The maximum atomic E-state index is 13.4. The van der Waals surface area contributed by atoms with Crippen LogP contribution in [0.2, 0.25) is 0 Å². The lowest BCUT2D eigenvalue weighted by Crippen LogP contribution is -2.40. The molecular weight excluding hydrogens is 395 g/mol. The average Bonchev–Trinajstić information content (AvgIpc) is 2.79. The Balaban J connectivity index is 1.64. The van der Waals surface area contributed by atoms with Gasteiger partial charge in [0.05, 0.1) is 5.92 Å². The van der Waals surface area contributed by atoms with E-state index in [0.29, 0.717) is 25.9 Å². The second-order valence-electron chi connectivity index (χ2n) is 7.27. The molecule has 0 amide bonds. The second-order valence-corrected chi connectivity index (χ2v) is 7.27. The van der Waals surface area contributed by atoms with Crippen molar-refractivity contribution < 1.29 is 14.3 Å². The molecule has 162 valence electrons. The fraction of sp³-hybridized carbons (Fsp3) is 0.292. The summed E-state index contributed by atoms with van der Waals surface area (Å²) in [7, 11) is 0. The highest BCUT2D eigenvalue weighted by Gasteiger charge is 2.29. The van der Waals surface area contributed by atoms with Crippen LogP contribution in [0.25, 0.3) is 0 Å². The molecule has 0 aliphatic rings. The van der Waals surface area contributed by atoms with E-state index in [2.05, 4.69) is 20.6 Å². The summed E-state index contributed by atoms with van der Waals surface area (Å²) in [6, 6.07) is 17.0. The monoisotopic (exact) mass is 422 g/mol. The SMILES string of the molecule is O=C(O)C(CNCCc1ccccn1)C(NCCc1ccccn1)c1ccc(F)cc1. The van der Waals surface area contributed by atoms with Crippen LogP contribution in [0.3, 0.4) is 0 Å². The average molecular weight is 423 g/mol. The van der Waals surface area contributed by atoms with Crippen molar-refractivity contribution in [3.05, 3.63) is 95.8 Å². The molecule has 2 unspecified atom stereocenters. The van der Waals surface area contributed by atoms with Gasteiger partial charge in [0.2, 0.25) is 0 Å². The molecule has 3 rings (SSSR count). The quantitative estimate of drug-likeness (QED) is 0.389. The van der Waals surface area contributed by atoms with Gasteiger partial charge in [-0.05, 0) is 42.0 Å².